The standard InChI is InChI=1S/C28H23N5O2/c1-18-15-26(24-16-23(35-2)11-12-25(24)31-18)32-21-7-3-19(4-8-21)28(34)20-5-9-22(10-6-20)33-27-13-14-29-17-30-27/h3-17H,1-2H3,(H,31,32)(H,29,30,33). The smallest absolute Gasteiger partial charge is 0.193 e. The normalized spacial score (nSPS) is 10.7. The molecule has 0 aliphatic heterocycles. The van der Waals surface area contributed by atoms with Gasteiger partial charge < -0.3 is 15.4 Å². The van der Waals surface area contributed by atoms with Crippen molar-refractivity contribution < 1.29 is 9.53 Å². The first-order valence-corrected chi connectivity index (χ1v) is 11.1. The molecule has 0 radical (unpaired) electrons. The summed E-state index contributed by atoms with van der Waals surface area (Å²) in [6.45, 7) is 1.96. The van der Waals surface area contributed by atoms with Gasteiger partial charge in [0.1, 0.15) is 17.9 Å². The molecule has 7 heteroatoms. The highest BCUT2D eigenvalue weighted by atomic mass is 16.5. The summed E-state index contributed by atoms with van der Waals surface area (Å²) >= 11 is 0. The molecule has 7 nitrogen and oxygen atoms in total. The van der Waals surface area contributed by atoms with Crippen LogP contribution < -0.4 is 15.4 Å². The van der Waals surface area contributed by atoms with E-state index in [1.807, 2.05) is 67.6 Å². The number of aryl methyl sites for hydroxylation is 1. The molecule has 0 unspecified atom stereocenters. The Hall–Kier alpha value is -4.78. The molecular weight excluding hydrogens is 438 g/mol. The van der Waals surface area contributed by atoms with E-state index in [4.69, 9.17) is 4.74 Å². The lowest BCUT2D eigenvalue weighted by molar-refractivity contribution is 0.103. The molecule has 0 atom stereocenters. The molecule has 3 aromatic carbocycles. The molecule has 0 bridgehead atoms. The van der Waals surface area contributed by atoms with E-state index in [2.05, 4.69) is 25.6 Å². The summed E-state index contributed by atoms with van der Waals surface area (Å²) in [7, 11) is 1.65. The number of anilines is 4. The van der Waals surface area contributed by atoms with Crippen molar-refractivity contribution >= 4 is 39.6 Å². The Bertz CT molecular complexity index is 1480. The van der Waals surface area contributed by atoms with Crippen LogP contribution in [0.1, 0.15) is 21.6 Å². The number of methoxy groups -OCH3 is 1. The number of hydrogen-bond donors (Lipinski definition) is 2. The van der Waals surface area contributed by atoms with E-state index in [0.29, 0.717) is 16.9 Å². The summed E-state index contributed by atoms with van der Waals surface area (Å²) in [4.78, 5) is 25.6. The molecule has 0 aliphatic rings. The minimum Gasteiger partial charge on any atom is -0.497 e. The number of carbonyl (C=O) groups excluding carboxylic acids is 1. The minimum atomic E-state index is -0.0416. The number of fused-ring (bicyclic) bond motifs is 1. The van der Waals surface area contributed by atoms with Gasteiger partial charge >= 0.3 is 0 Å². The molecule has 5 aromatic rings. The van der Waals surface area contributed by atoms with Crippen LogP contribution >= 0.6 is 0 Å². The SMILES string of the molecule is COc1ccc2nc(C)cc(Nc3ccc(C(=O)c4ccc(Nc5ccncn5)cc4)cc3)c2c1. The van der Waals surface area contributed by atoms with Crippen molar-refractivity contribution in [1.29, 1.82) is 0 Å². The largest absolute Gasteiger partial charge is 0.497 e. The highest BCUT2D eigenvalue weighted by Gasteiger charge is 2.11. The second kappa shape index (κ2) is 9.61. The number of nitrogens with one attached hydrogen (secondary N) is 2. The molecule has 0 saturated heterocycles. The summed E-state index contributed by atoms with van der Waals surface area (Å²) in [5.74, 6) is 1.42. The number of ketones is 1. The lowest BCUT2D eigenvalue weighted by Gasteiger charge is -2.12. The van der Waals surface area contributed by atoms with Gasteiger partial charge in [-0.2, -0.15) is 0 Å². The van der Waals surface area contributed by atoms with Gasteiger partial charge in [-0.3, -0.25) is 9.78 Å². The second-order valence-corrected chi connectivity index (χ2v) is 8.02. The van der Waals surface area contributed by atoms with Crippen LogP contribution in [0, 0.1) is 6.92 Å². The van der Waals surface area contributed by atoms with Gasteiger partial charge in [0.05, 0.1) is 12.6 Å². The molecule has 172 valence electrons. The fourth-order valence-corrected chi connectivity index (χ4v) is 3.81. The fraction of sp³-hybridized carbons (Fsp3) is 0.0714. The number of carbonyl (C=O) groups is 1. The molecular formula is C28H23N5O2. The zero-order chi connectivity index (χ0) is 24.2. The molecule has 2 aromatic heterocycles. The summed E-state index contributed by atoms with van der Waals surface area (Å²) in [6.07, 6.45) is 3.15. The average Bonchev–Trinajstić information content (AvgIpc) is 2.89. The van der Waals surface area contributed by atoms with Crippen molar-refractivity contribution in [1.82, 2.24) is 15.0 Å². The van der Waals surface area contributed by atoms with Gasteiger partial charge in [-0.15, -0.1) is 0 Å². The molecule has 2 N–H and O–H groups in total. The van der Waals surface area contributed by atoms with Gasteiger partial charge in [0, 0.05) is 45.5 Å². The summed E-state index contributed by atoms with van der Waals surface area (Å²) in [5, 5.41) is 7.59. The van der Waals surface area contributed by atoms with E-state index in [1.165, 1.54) is 6.33 Å². The van der Waals surface area contributed by atoms with E-state index in [1.54, 1.807) is 31.5 Å². The molecule has 0 saturated carbocycles. The minimum absolute atomic E-state index is 0.0416. The first kappa shape index (κ1) is 22.0. The number of ether oxygens (including phenoxy) is 1. The third kappa shape index (κ3) is 4.94. The highest BCUT2D eigenvalue weighted by Crippen LogP contribution is 2.30. The lowest BCUT2D eigenvalue weighted by atomic mass is 10.0. The average molecular weight is 462 g/mol. The van der Waals surface area contributed by atoms with Gasteiger partial charge in [0.2, 0.25) is 0 Å². The topological polar surface area (TPSA) is 89.0 Å². The summed E-state index contributed by atoms with van der Waals surface area (Å²) < 4.78 is 5.38. The van der Waals surface area contributed by atoms with Crippen molar-refractivity contribution in [3.8, 4) is 5.75 Å². The maximum atomic E-state index is 13.0. The first-order chi connectivity index (χ1) is 17.1. The number of aromatic nitrogens is 3. The fourth-order valence-electron chi connectivity index (χ4n) is 3.81. The maximum Gasteiger partial charge on any atom is 0.193 e. The van der Waals surface area contributed by atoms with Crippen LogP contribution in [0.5, 0.6) is 5.75 Å². The third-order valence-corrected chi connectivity index (χ3v) is 5.57. The molecule has 0 spiro atoms. The highest BCUT2D eigenvalue weighted by molar-refractivity contribution is 6.09. The van der Waals surface area contributed by atoms with Crippen molar-refractivity contribution in [3.05, 3.63) is 108 Å². The van der Waals surface area contributed by atoms with Crippen molar-refractivity contribution in [3.63, 3.8) is 0 Å². The van der Waals surface area contributed by atoms with Gasteiger partial charge in [-0.1, -0.05) is 0 Å². The molecule has 0 amide bonds. The Morgan fingerprint density at radius 3 is 2.14 bits per heavy atom. The van der Waals surface area contributed by atoms with E-state index in [-0.39, 0.29) is 5.78 Å². The van der Waals surface area contributed by atoms with Crippen LogP contribution in [0.2, 0.25) is 0 Å². The predicted octanol–water partition coefficient (Wildman–Crippen LogP) is 6.06. The van der Waals surface area contributed by atoms with E-state index in [0.717, 1.165) is 39.4 Å². The predicted molar refractivity (Wildman–Crippen MR) is 138 cm³/mol. The Balaban J connectivity index is 1.32. The van der Waals surface area contributed by atoms with Crippen LogP contribution in [0.3, 0.4) is 0 Å². The first-order valence-electron chi connectivity index (χ1n) is 11.1. The van der Waals surface area contributed by atoms with Crippen LogP contribution in [0.25, 0.3) is 10.9 Å². The number of hydrogen-bond acceptors (Lipinski definition) is 7. The number of benzene rings is 3. The Morgan fingerprint density at radius 1 is 0.829 bits per heavy atom. The van der Waals surface area contributed by atoms with Crippen LogP contribution in [0.4, 0.5) is 22.9 Å². The van der Waals surface area contributed by atoms with E-state index < -0.39 is 0 Å². The quantitative estimate of drug-likeness (QED) is 0.285. The zero-order valence-electron chi connectivity index (χ0n) is 19.3. The maximum absolute atomic E-state index is 13.0. The van der Waals surface area contributed by atoms with E-state index in [9.17, 15) is 4.79 Å². The summed E-state index contributed by atoms with van der Waals surface area (Å²) in [5.41, 5.74) is 5.67. The van der Waals surface area contributed by atoms with Gasteiger partial charge in [0.15, 0.2) is 5.78 Å². The van der Waals surface area contributed by atoms with Crippen LogP contribution in [-0.2, 0) is 0 Å². The third-order valence-electron chi connectivity index (χ3n) is 5.57. The Morgan fingerprint density at radius 2 is 1.51 bits per heavy atom. The van der Waals surface area contributed by atoms with Crippen molar-refractivity contribution in [2.24, 2.45) is 0 Å². The lowest BCUT2D eigenvalue weighted by Crippen LogP contribution is -2.02. The number of rotatable bonds is 7. The Labute approximate surface area is 202 Å². The van der Waals surface area contributed by atoms with Gasteiger partial charge in [-0.25, -0.2) is 9.97 Å². The van der Waals surface area contributed by atoms with Crippen molar-refractivity contribution in [2.75, 3.05) is 17.7 Å². The molecule has 0 aliphatic carbocycles. The molecule has 0 fully saturated rings. The van der Waals surface area contributed by atoms with Crippen LogP contribution in [-0.4, -0.2) is 27.8 Å². The number of nitrogens with zero attached hydrogens (tertiary/aromatic N) is 3. The molecule has 5 rings (SSSR count). The zero-order valence-corrected chi connectivity index (χ0v) is 19.3. The monoisotopic (exact) mass is 461 g/mol. The van der Waals surface area contributed by atoms with Gasteiger partial charge in [0.25, 0.3) is 0 Å². The number of pyridine rings is 1. The Kier molecular flexibility index (Phi) is 6.05. The molecule has 35 heavy (non-hydrogen) atoms. The second-order valence-electron chi connectivity index (χ2n) is 8.02. The van der Waals surface area contributed by atoms with Crippen LogP contribution in [0.15, 0.2) is 91.4 Å². The van der Waals surface area contributed by atoms with Crippen molar-refractivity contribution in [2.45, 2.75) is 6.92 Å². The summed E-state index contributed by atoms with van der Waals surface area (Å²) in [6, 6.07) is 24.4. The van der Waals surface area contributed by atoms with E-state index >= 15 is 0 Å². The molecule has 2 heterocycles. The van der Waals surface area contributed by atoms with Gasteiger partial charge in [-0.05, 0) is 85.8 Å².